The van der Waals surface area contributed by atoms with Crippen LogP contribution in [0.4, 0.5) is 11.9 Å². The first-order valence-electron chi connectivity index (χ1n) is 5.54. The molecule has 1 fully saturated rings. The van der Waals surface area contributed by atoms with Gasteiger partial charge in [-0.1, -0.05) is 0 Å². The molecule has 2 heterocycles. The molecule has 0 atom stereocenters. The largest absolute Gasteiger partial charge is 0.381 e. The fourth-order valence-corrected chi connectivity index (χ4v) is 1.88. The highest BCUT2D eigenvalue weighted by atomic mass is 35.5. The number of rotatable bonds is 3. The van der Waals surface area contributed by atoms with E-state index in [9.17, 15) is 5.26 Å². The summed E-state index contributed by atoms with van der Waals surface area (Å²) in [6.45, 7) is 1.08. The Kier molecular flexibility index (Phi) is 3.79. The van der Waals surface area contributed by atoms with Crippen LogP contribution in [0.25, 0.3) is 0 Å². The third kappa shape index (κ3) is 2.78. The molecule has 96 valence electrons. The molecule has 1 aromatic rings. The summed E-state index contributed by atoms with van der Waals surface area (Å²) in [5.41, 5.74) is -0.700. The van der Waals surface area contributed by atoms with Gasteiger partial charge in [-0.2, -0.15) is 20.2 Å². The van der Waals surface area contributed by atoms with Gasteiger partial charge in [0.25, 0.3) is 0 Å². The Morgan fingerprint density at radius 1 is 1.28 bits per heavy atom. The summed E-state index contributed by atoms with van der Waals surface area (Å²) in [6.07, 6.45) is 1.17. The van der Waals surface area contributed by atoms with Gasteiger partial charge in [0.05, 0.1) is 6.07 Å². The zero-order valence-corrected chi connectivity index (χ0v) is 10.7. The highest BCUT2D eigenvalue weighted by molar-refractivity contribution is 6.28. The van der Waals surface area contributed by atoms with Crippen molar-refractivity contribution >= 4 is 23.5 Å². The van der Waals surface area contributed by atoms with Gasteiger partial charge in [0.15, 0.2) is 0 Å². The Balaban J connectivity index is 2.21. The minimum atomic E-state index is -0.700. The Morgan fingerprint density at radius 2 is 1.94 bits per heavy atom. The molecular formula is C10H13ClN6O. The van der Waals surface area contributed by atoms with Crippen LogP contribution in [0.1, 0.15) is 12.8 Å². The molecule has 1 saturated heterocycles. The van der Waals surface area contributed by atoms with Gasteiger partial charge in [-0.05, 0) is 11.6 Å². The summed E-state index contributed by atoms with van der Waals surface area (Å²) in [5.74, 6) is 0.653. The van der Waals surface area contributed by atoms with E-state index in [0.717, 1.165) is 0 Å². The quantitative estimate of drug-likeness (QED) is 0.846. The molecule has 0 unspecified atom stereocenters. The Hall–Kier alpha value is -1.65. The van der Waals surface area contributed by atoms with Gasteiger partial charge in [0.1, 0.15) is 5.54 Å². The lowest BCUT2D eigenvalue weighted by atomic mass is 9.92. The molecule has 7 nitrogen and oxygen atoms in total. The number of halogens is 1. The van der Waals surface area contributed by atoms with E-state index in [2.05, 4.69) is 31.7 Å². The summed E-state index contributed by atoms with van der Waals surface area (Å²) < 4.78 is 5.25. The predicted molar refractivity (Wildman–Crippen MR) is 66.4 cm³/mol. The summed E-state index contributed by atoms with van der Waals surface area (Å²) in [7, 11) is 1.68. The standard InChI is InChI=1S/C10H13ClN6O/c1-13-8-14-7(11)15-9(16-8)17-10(6-12)2-4-18-5-3-10/h2-5H2,1H3,(H2,13,14,15,16,17). The predicted octanol–water partition coefficient (Wildman–Crippen LogP) is 1.05. The van der Waals surface area contributed by atoms with Crippen LogP contribution in [0.5, 0.6) is 0 Å². The molecule has 0 radical (unpaired) electrons. The molecule has 2 rings (SSSR count). The van der Waals surface area contributed by atoms with Gasteiger partial charge >= 0.3 is 0 Å². The fourth-order valence-electron chi connectivity index (χ4n) is 1.72. The van der Waals surface area contributed by atoms with E-state index in [1.165, 1.54) is 0 Å². The normalized spacial score (nSPS) is 17.8. The smallest absolute Gasteiger partial charge is 0.230 e. The topological polar surface area (TPSA) is 95.8 Å². The number of anilines is 2. The second-order valence-corrected chi connectivity index (χ2v) is 4.27. The van der Waals surface area contributed by atoms with Crippen molar-refractivity contribution in [2.24, 2.45) is 0 Å². The Morgan fingerprint density at radius 3 is 2.56 bits per heavy atom. The van der Waals surface area contributed by atoms with Crippen LogP contribution in [0.2, 0.25) is 5.28 Å². The third-order valence-electron chi connectivity index (χ3n) is 2.74. The number of aromatic nitrogens is 3. The molecule has 8 heteroatoms. The molecule has 1 aliphatic heterocycles. The molecule has 0 saturated carbocycles. The lowest BCUT2D eigenvalue weighted by molar-refractivity contribution is 0.0751. The maximum Gasteiger partial charge on any atom is 0.230 e. The molecule has 0 aromatic carbocycles. The molecule has 1 aliphatic rings. The van der Waals surface area contributed by atoms with Crippen LogP contribution >= 0.6 is 11.6 Å². The average Bonchev–Trinajstić information content (AvgIpc) is 2.39. The third-order valence-corrected chi connectivity index (χ3v) is 2.91. The molecule has 0 bridgehead atoms. The Bertz CT molecular complexity index is 468. The number of nitrogens with zero attached hydrogens (tertiary/aromatic N) is 4. The summed E-state index contributed by atoms with van der Waals surface area (Å²) >= 11 is 5.79. The molecule has 0 aliphatic carbocycles. The van der Waals surface area contributed by atoms with Crippen LogP contribution in [0.3, 0.4) is 0 Å². The number of hydrogen-bond donors (Lipinski definition) is 2. The van der Waals surface area contributed by atoms with Gasteiger partial charge in [0, 0.05) is 33.1 Å². The first kappa shape index (κ1) is 12.8. The minimum Gasteiger partial charge on any atom is -0.381 e. The van der Waals surface area contributed by atoms with Crippen molar-refractivity contribution in [3.05, 3.63) is 5.28 Å². The van der Waals surface area contributed by atoms with Crippen LogP contribution in [0, 0.1) is 11.3 Å². The van der Waals surface area contributed by atoms with Crippen molar-refractivity contribution in [1.29, 1.82) is 5.26 Å². The second kappa shape index (κ2) is 5.33. The molecule has 18 heavy (non-hydrogen) atoms. The highest BCUT2D eigenvalue weighted by Crippen LogP contribution is 2.24. The van der Waals surface area contributed by atoms with Crippen LogP contribution < -0.4 is 10.6 Å². The molecule has 2 N–H and O–H groups in total. The average molecular weight is 269 g/mol. The number of nitrogens with one attached hydrogen (secondary N) is 2. The van der Waals surface area contributed by atoms with Crippen molar-refractivity contribution in [1.82, 2.24) is 15.0 Å². The lowest BCUT2D eigenvalue weighted by Gasteiger charge is -2.31. The maximum absolute atomic E-state index is 9.31. The van der Waals surface area contributed by atoms with E-state index in [-0.39, 0.29) is 5.28 Å². The fraction of sp³-hybridized carbons (Fsp3) is 0.600. The van der Waals surface area contributed by atoms with Gasteiger partial charge < -0.3 is 15.4 Å². The zero-order chi connectivity index (χ0) is 13.0. The minimum absolute atomic E-state index is 0.0806. The molecule has 1 aromatic heterocycles. The van der Waals surface area contributed by atoms with Crippen molar-refractivity contribution in [3.63, 3.8) is 0 Å². The van der Waals surface area contributed by atoms with E-state index in [0.29, 0.717) is 38.0 Å². The van der Waals surface area contributed by atoms with E-state index in [4.69, 9.17) is 16.3 Å². The monoisotopic (exact) mass is 268 g/mol. The van der Waals surface area contributed by atoms with Crippen molar-refractivity contribution in [2.75, 3.05) is 30.9 Å². The van der Waals surface area contributed by atoms with Crippen LogP contribution in [-0.4, -0.2) is 40.8 Å². The molecule has 0 amide bonds. The zero-order valence-electron chi connectivity index (χ0n) is 9.90. The van der Waals surface area contributed by atoms with Gasteiger partial charge in [-0.15, -0.1) is 0 Å². The van der Waals surface area contributed by atoms with Crippen molar-refractivity contribution in [3.8, 4) is 6.07 Å². The Labute approximate surface area is 110 Å². The van der Waals surface area contributed by atoms with Gasteiger partial charge in [-0.25, -0.2) is 0 Å². The summed E-state index contributed by atoms with van der Waals surface area (Å²) in [6, 6.07) is 2.27. The SMILES string of the molecule is CNc1nc(Cl)nc(NC2(C#N)CCOCC2)n1. The first-order valence-corrected chi connectivity index (χ1v) is 5.92. The molecular weight excluding hydrogens is 256 g/mol. The van der Waals surface area contributed by atoms with E-state index in [1.807, 2.05) is 0 Å². The number of hydrogen-bond acceptors (Lipinski definition) is 7. The van der Waals surface area contributed by atoms with Gasteiger partial charge in [0.2, 0.25) is 17.2 Å². The number of nitriles is 1. The van der Waals surface area contributed by atoms with E-state index < -0.39 is 5.54 Å². The van der Waals surface area contributed by atoms with Crippen molar-refractivity contribution in [2.45, 2.75) is 18.4 Å². The lowest BCUT2D eigenvalue weighted by Crippen LogP contribution is -2.42. The maximum atomic E-state index is 9.31. The van der Waals surface area contributed by atoms with E-state index in [1.54, 1.807) is 7.05 Å². The highest BCUT2D eigenvalue weighted by Gasteiger charge is 2.33. The summed E-state index contributed by atoms with van der Waals surface area (Å²) in [5, 5.41) is 15.2. The molecule has 0 spiro atoms. The van der Waals surface area contributed by atoms with Crippen LogP contribution in [0.15, 0.2) is 0 Å². The number of ether oxygens (including phenoxy) is 1. The van der Waals surface area contributed by atoms with Crippen molar-refractivity contribution < 1.29 is 4.74 Å². The van der Waals surface area contributed by atoms with E-state index >= 15 is 0 Å². The first-order chi connectivity index (χ1) is 8.67. The summed E-state index contributed by atoms with van der Waals surface area (Å²) in [4.78, 5) is 12.0. The second-order valence-electron chi connectivity index (χ2n) is 3.93. The van der Waals surface area contributed by atoms with Gasteiger partial charge in [-0.3, -0.25) is 0 Å². The van der Waals surface area contributed by atoms with Crippen LogP contribution in [-0.2, 0) is 4.74 Å².